The van der Waals surface area contributed by atoms with Crippen LogP contribution in [0.1, 0.15) is 70.6 Å². The molecule has 0 spiro atoms. The zero-order valence-corrected chi connectivity index (χ0v) is 18.1. The molecule has 140 valence electrons. The molecule has 1 aromatic heterocycles. The quantitative estimate of drug-likeness (QED) is 0.560. The van der Waals surface area contributed by atoms with Gasteiger partial charge in [0.1, 0.15) is 5.66 Å². The summed E-state index contributed by atoms with van der Waals surface area (Å²) in [7, 11) is -0.991. The normalized spacial score (nSPS) is 12.8. The Morgan fingerprint density at radius 3 is 2.12 bits per heavy atom. The Hall–Kier alpha value is -0.650. The van der Waals surface area contributed by atoms with Crippen LogP contribution in [-0.4, -0.2) is 24.0 Å². The minimum Gasteiger partial charge on any atom is -1.00 e. The van der Waals surface area contributed by atoms with Gasteiger partial charge in [-0.25, -0.2) is 4.98 Å². The maximum absolute atomic E-state index is 5.10. The van der Waals surface area contributed by atoms with E-state index in [2.05, 4.69) is 63.8 Å². The molecule has 25 heavy (non-hydrogen) atoms. The number of hydrogen-bond donors (Lipinski definition) is 0. The maximum atomic E-state index is 5.10. The molecule has 0 saturated carbocycles. The largest absolute Gasteiger partial charge is 1.00 e. The maximum Gasteiger partial charge on any atom is 0.111 e. The van der Waals surface area contributed by atoms with Crippen molar-refractivity contribution in [1.82, 2.24) is 4.98 Å². The lowest BCUT2D eigenvalue weighted by Gasteiger charge is -2.32. The van der Waals surface area contributed by atoms with Gasteiger partial charge in [-0.05, 0) is 31.4 Å². The first-order valence-corrected chi connectivity index (χ1v) is 12.5. The monoisotopic (exact) mass is 379 g/mol. The highest BCUT2D eigenvalue weighted by Gasteiger charge is 2.41. The fourth-order valence-electron chi connectivity index (χ4n) is 3.78. The highest BCUT2D eigenvalue weighted by molar-refractivity contribution is 7.75. The number of pyridine rings is 1. The minimum atomic E-state index is -0.991. The summed E-state index contributed by atoms with van der Waals surface area (Å²) in [5.74, 6) is 0. The van der Waals surface area contributed by atoms with E-state index in [0.29, 0.717) is 5.66 Å². The third kappa shape index (κ3) is 5.93. The van der Waals surface area contributed by atoms with Crippen LogP contribution in [0.15, 0.2) is 36.4 Å². The second kappa shape index (κ2) is 11.1. The summed E-state index contributed by atoms with van der Waals surface area (Å²) >= 11 is 0. The third-order valence-electron chi connectivity index (χ3n) is 5.32. The molecule has 3 heteroatoms. The molecule has 0 radical (unpaired) electrons. The van der Waals surface area contributed by atoms with Crippen LogP contribution in [0.4, 0.5) is 0 Å². The molecule has 0 aliphatic heterocycles. The molecule has 1 atom stereocenters. The molecule has 0 aliphatic carbocycles. The topological polar surface area (TPSA) is 12.9 Å². The molecule has 0 amide bonds. The number of hydrogen-bond acceptors (Lipinski definition) is 1. The van der Waals surface area contributed by atoms with E-state index in [1.165, 1.54) is 61.9 Å². The highest BCUT2D eigenvalue weighted by atomic mass is 35.5. The van der Waals surface area contributed by atoms with E-state index in [1.807, 2.05) is 0 Å². The Labute approximate surface area is 161 Å². The molecule has 0 saturated heterocycles. The van der Waals surface area contributed by atoms with E-state index in [1.54, 1.807) is 0 Å². The number of benzene rings is 1. The summed E-state index contributed by atoms with van der Waals surface area (Å²) in [4.78, 5) is 5.10. The van der Waals surface area contributed by atoms with Crippen molar-refractivity contribution in [2.24, 2.45) is 0 Å². The lowest BCUT2D eigenvalue weighted by molar-refractivity contribution is -0.00000533. The first kappa shape index (κ1) is 22.4. The zero-order valence-electron chi connectivity index (χ0n) is 16.5. The lowest BCUT2D eigenvalue weighted by atomic mass is 10.1. The summed E-state index contributed by atoms with van der Waals surface area (Å²) in [6, 6.07) is 13.1. The summed E-state index contributed by atoms with van der Waals surface area (Å²) < 4.78 is 0. The van der Waals surface area contributed by atoms with Crippen molar-refractivity contribution >= 4 is 18.2 Å². The molecule has 0 aliphatic rings. The predicted molar refractivity (Wildman–Crippen MR) is 112 cm³/mol. The van der Waals surface area contributed by atoms with Crippen molar-refractivity contribution in [3.05, 3.63) is 42.1 Å². The number of unbranched alkanes of at least 4 members (excludes halogenated alkanes) is 2. The van der Waals surface area contributed by atoms with Gasteiger partial charge < -0.3 is 12.4 Å². The van der Waals surface area contributed by atoms with Gasteiger partial charge in [0.15, 0.2) is 0 Å². The van der Waals surface area contributed by atoms with Gasteiger partial charge in [0.2, 0.25) is 0 Å². The number of halogens is 1. The standard InChI is InChI=1S/C22H35NP.ClH/c1-5-8-17-24(4,18-9-6-2)22(12-7-3)21-16-15-19-13-10-11-14-20(19)23-21;/h10-11,13-16,22H,5-9,12,17-18H2,1-4H3;1H/q+1;/p-1. The zero-order chi connectivity index (χ0) is 17.4. The molecular formula is C22H35ClNP. The van der Waals surface area contributed by atoms with Crippen molar-refractivity contribution in [1.29, 1.82) is 0 Å². The fourth-order valence-corrected chi connectivity index (χ4v) is 8.37. The van der Waals surface area contributed by atoms with Gasteiger partial charge in [-0.15, -0.1) is 0 Å². The van der Waals surface area contributed by atoms with Crippen LogP contribution in [-0.2, 0) is 0 Å². The summed E-state index contributed by atoms with van der Waals surface area (Å²) in [6.45, 7) is 9.62. The van der Waals surface area contributed by atoms with Gasteiger partial charge in [0.25, 0.3) is 0 Å². The van der Waals surface area contributed by atoms with Crippen LogP contribution >= 0.6 is 7.26 Å². The van der Waals surface area contributed by atoms with E-state index in [0.717, 1.165) is 5.52 Å². The van der Waals surface area contributed by atoms with E-state index >= 15 is 0 Å². The van der Waals surface area contributed by atoms with Crippen LogP contribution in [0.3, 0.4) is 0 Å². The predicted octanol–water partition coefficient (Wildman–Crippen LogP) is 4.33. The van der Waals surface area contributed by atoms with Gasteiger partial charge in [0.05, 0.1) is 23.5 Å². The number of para-hydroxylation sites is 1. The average Bonchev–Trinajstić information content (AvgIpc) is 2.62. The fraction of sp³-hybridized carbons (Fsp3) is 0.591. The first-order valence-electron chi connectivity index (χ1n) is 9.84. The van der Waals surface area contributed by atoms with Crippen molar-refractivity contribution in [2.45, 2.75) is 65.0 Å². The summed E-state index contributed by atoms with van der Waals surface area (Å²) in [5, 5.41) is 1.26. The molecule has 0 bridgehead atoms. The van der Waals surface area contributed by atoms with Crippen molar-refractivity contribution in [3.63, 3.8) is 0 Å². The van der Waals surface area contributed by atoms with Gasteiger partial charge in [-0.3, -0.25) is 0 Å². The number of rotatable bonds is 10. The van der Waals surface area contributed by atoms with E-state index in [9.17, 15) is 0 Å². The molecule has 1 aromatic carbocycles. The van der Waals surface area contributed by atoms with E-state index in [-0.39, 0.29) is 12.4 Å². The Kier molecular flexibility index (Phi) is 9.98. The number of nitrogens with zero attached hydrogens (tertiary/aromatic N) is 1. The number of fused-ring (bicyclic) bond motifs is 1. The van der Waals surface area contributed by atoms with E-state index < -0.39 is 7.26 Å². The number of aromatic nitrogens is 1. The minimum absolute atomic E-state index is 0. The Bertz CT molecular complexity index is 620. The van der Waals surface area contributed by atoms with Gasteiger partial charge in [0, 0.05) is 19.3 Å². The molecule has 1 heterocycles. The second-order valence-corrected chi connectivity index (χ2v) is 11.8. The van der Waals surface area contributed by atoms with Crippen molar-refractivity contribution < 1.29 is 12.4 Å². The van der Waals surface area contributed by atoms with Gasteiger partial charge in [-0.1, -0.05) is 64.3 Å². The molecular weight excluding hydrogens is 345 g/mol. The summed E-state index contributed by atoms with van der Waals surface area (Å²) in [6.07, 6.45) is 10.8. The SMILES string of the molecule is CCCC[P+](C)(CCCC)C(CCC)c1ccc2ccccc2n1.[Cl-]. The molecule has 2 rings (SSSR count). The molecule has 0 N–H and O–H groups in total. The molecule has 0 fully saturated rings. The molecule has 2 aromatic rings. The van der Waals surface area contributed by atoms with Gasteiger partial charge in [-0.2, -0.15) is 0 Å². The molecule has 1 nitrogen and oxygen atoms in total. The van der Waals surface area contributed by atoms with Crippen molar-refractivity contribution in [3.8, 4) is 0 Å². The Morgan fingerprint density at radius 2 is 1.52 bits per heavy atom. The van der Waals surface area contributed by atoms with Crippen molar-refractivity contribution in [2.75, 3.05) is 19.0 Å². The first-order chi connectivity index (χ1) is 11.6. The Morgan fingerprint density at radius 1 is 0.880 bits per heavy atom. The van der Waals surface area contributed by atoms with Crippen LogP contribution in [0.25, 0.3) is 10.9 Å². The van der Waals surface area contributed by atoms with Crippen LogP contribution in [0, 0.1) is 0 Å². The summed E-state index contributed by atoms with van der Waals surface area (Å²) in [5.41, 5.74) is 3.21. The highest BCUT2D eigenvalue weighted by Crippen LogP contribution is 2.69. The van der Waals surface area contributed by atoms with Gasteiger partial charge >= 0.3 is 0 Å². The second-order valence-electron chi connectivity index (χ2n) is 7.37. The Balaban J connectivity index is 0.00000312. The third-order valence-corrected chi connectivity index (χ3v) is 10.0. The van der Waals surface area contributed by atoms with E-state index in [4.69, 9.17) is 4.98 Å². The van der Waals surface area contributed by atoms with Crippen LogP contribution < -0.4 is 12.4 Å². The van der Waals surface area contributed by atoms with Crippen LogP contribution in [0.2, 0.25) is 0 Å². The molecule has 1 unspecified atom stereocenters. The smallest absolute Gasteiger partial charge is 0.111 e. The van der Waals surface area contributed by atoms with Crippen LogP contribution in [0.5, 0.6) is 0 Å². The lowest BCUT2D eigenvalue weighted by Crippen LogP contribution is -3.00. The average molecular weight is 380 g/mol.